The van der Waals surface area contributed by atoms with Gasteiger partial charge in [0.25, 0.3) is 0 Å². The first kappa shape index (κ1) is 17.8. The summed E-state index contributed by atoms with van der Waals surface area (Å²) in [6.07, 6.45) is 9.91. The molecule has 142 valence electrons. The summed E-state index contributed by atoms with van der Waals surface area (Å²) in [5, 5.41) is 0. The summed E-state index contributed by atoms with van der Waals surface area (Å²) >= 11 is 0. The predicted octanol–water partition coefficient (Wildman–Crippen LogP) is 3.84. The van der Waals surface area contributed by atoms with Crippen molar-refractivity contribution in [2.75, 3.05) is 20.2 Å². The van der Waals surface area contributed by atoms with Gasteiger partial charge in [0.05, 0.1) is 7.11 Å². The maximum Gasteiger partial charge on any atom is 0.223 e. The van der Waals surface area contributed by atoms with E-state index in [0.717, 1.165) is 44.1 Å². The number of fused-ring (bicyclic) bond motifs is 1. The Kier molecular flexibility index (Phi) is 5.49. The highest BCUT2D eigenvalue weighted by atomic mass is 16.5. The lowest BCUT2D eigenvalue weighted by Crippen LogP contribution is -2.57. The number of ether oxygens (including phenoxy) is 1. The second-order valence-corrected chi connectivity index (χ2v) is 8.31. The van der Waals surface area contributed by atoms with Crippen molar-refractivity contribution in [3.8, 4) is 5.75 Å². The number of benzene rings is 1. The molecule has 2 heterocycles. The highest BCUT2D eigenvalue weighted by Crippen LogP contribution is 2.35. The van der Waals surface area contributed by atoms with Gasteiger partial charge in [0, 0.05) is 38.1 Å². The number of amides is 1. The minimum Gasteiger partial charge on any atom is -0.497 e. The Morgan fingerprint density at radius 1 is 1.04 bits per heavy atom. The van der Waals surface area contributed by atoms with Crippen LogP contribution in [0.2, 0.25) is 0 Å². The fraction of sp³-hybridized carbons (Fsp3) is 0.682. The Hall–Kier alpha value is -1.55. The average Bonchev–Trinajstić information content (AvgIpc) is 2.71. The van der Waals surface area contributed by atoms with Gasteiger partial charge in [-0.25, -0.2) is 0 Å². The smallest absolute Gasteiger partial charge is 0.223 e. The van der Waals surface area contributed by atoms with Crippen LogP contribution >= 0.6 is 0 Å². The fourth-order valence-corrected chi connectivity index (χ4v) is 5.29. The first-order valence-corrected chi connectivity index (χ1v) is 10.4. The van der Waals surface area contributed by atoms with Crippen LogP contribution in [0, 0.1) is 5.92 Å². The van der Waals surface area contributed by atoms with E-state index in [1.54, 1.807) is 7.11 Å². The van der Waals surface area contributed by atoms with E-state index in [4.69, 9.17) is 4.74 Å². The van der Waals surface area contributed by atoms with Crippen LogP contribution in [-0.2, 0) is 11.3 Å². The molecule has 1 aliphatic carbocycles. The average molecular weight is 357 g/mol. The molecular formula is C22H32N2O2. The number of nitrogens with zero attached hydrogens (tertiary/aromatic N) is 2. The van der Waals surface area contributed by atoms with Crippen molar-refractivity contribution in [1.29, 1.82) is 0 Å². The molecule has 1 saturated carbocycles. The number of likely N-dealkylation sites (tertiary alicyclic amines) is 2. The Balaban J connectivity index is 1.42. The van der Waals surface area contributed by atoms with Crippen molar-refractivity contribution in [2.45, 2.75) is 70.0 Å². The van der Waals surface area contributed by atoms with E-state index in [9.17, 15) is 4.79 Å². The number of piperidine rings is 2. The van der Waals surface area contributed by atoms with E-state index in [-0.39, 0.29) is 0 Å². The number of rotatable bonds is 4. The number of hydrogen-bond acceptors (Lipinski definition) is 3. The third-order valence-corrected chi connectivity index (χ3v) is 6.78. The molecule has 26 heavy (non-hydrogen) atoms. The normalized spacial score (nSPS) is 28.0. The van der Waals surface area contributed by atoms with Gasteiger partial charge < -0.3 is 9.64 Å². The van der Waals surface area contributed by atoms with Gasteiger partial charge >= 0.3 is 0 Å². The molecule has 3 fully saturated rings. The molecule has 1 aromatic rings. The zero-order valence-corrected chi connectivity index (χ0v) is 16.0. The lowest BCUT2D eigenvalue weighted by molar-refractivity contribution is -0.142. The maximum atomic E-state index is 12.6. The predicted molar refractivity (Wildman–Crippen MR) is 103 cm³/mol. The molecular weight excluding hydrogens is 324 g/mol. The number of carbonyl (C=O) groups is 1. The SMILES string of the molecule is COc1ccc(CN2C(=O)CC[C@@H]3CN(C4CCCCC4)CC[C@@H]32)cc1. The van der Waals surface area contributed by atoms with Gasteiger partial charge in [0.15, 0.2) is 0 Å². The summed E-state index contributed by atoms with van der Waals surface area (Å²) in [6.45, 7) is 3.10. The van der Waals surface area contributed by atoms with E-state index in [1.165, 1.54) is 44.2 Å². The Morgan fingerprint density at radius 2 is 1.81 bits per heavy atom. The summed E-state index contributed by atoms with van der Waals surface area (Å²) in [4.78, 5) is 17.6. The standard InChI is InChI=1S/C22H32N2O2/c1-26-20-10-7-17(8-11-20)15-24-21-13-14-23(19-5-3-2-4-6-19)16-18(21)9-12-22(24)25/h7-8,10-11,18-19,21H,2-6,9,12-16H2,1H3/t18-,21+/m1/s1. The third-order valence-electron chi connectivity index (χ3n) is 6.78. The zero-order chi connectivity index (χ0) is 17.9. The van der Waals surface area contributed by atoms with Gasteiger partial charge in [-0.3, -0.25) is 9.69 Å². The van der Waals surface area contributed by atoms with Gasteiger partial charge in [-0.15, -0.1) is 0 Å². The molecule has 2 aliphatic heterocycles. The second kappa shape index (κ2) is 7.99. The minimum atomic E-state index is 0.341. The molecule has 0 spiro atoms. The summed E-state index contributed by atoms with van der Waals surface area (Å²) in [5.74, 6) is 1.87. The molecule has 0 radical (unpaired) electrons. The highest BCUT2D eigenvalue weighted by molar-refractivity contribution is 5.77. The van der Waals surface area contributed by atoms with Crippen molar-refractivity contribution < 1.29 is 9.53 Å². The van der Waals surface area contributed by atoms with Gasteiger partial charge in [-0.2, -0.15) is 0 Å². The lowest BCUT2D eigenvalue weighted by atomic mass is 9.81. The van der Waals surface area contributed by atoms with Gasteiger partial charge in [0.2, 0.25) is 5.91 Å². The van der Waals surface area contributed by atoms with Crippen molar-refractivity contribution in [3.63, 3.8) is 0 Å². The molecule has 0 bridgehead atoms. The van der Waals surface area contributed by atoms with Crippen molar-refractivity contribution in [1.82, 2.24) is 9.80 Å². The van der Waals surface area contributed by atoms with Crippen LogP contribution in [0.5, 0.6) is 5.75 Å². The Bertz CT molecular complexity index is 609. The van der Waals surface area contributed by atoms with E-state index >= 15 is 0 Å². The molecule has 0 N–H and O–H groups in total. The first-order chi connectivity index (χ1) is 12.7. The van der Waals surface area contributed by atoms with E-state index in [0.29, 0.717) is 17.9 Å². The molecule has 1 amide bonds. The summed E-state index contributed by atoms with van der Waals surface area (Å²) in [5.41, 5.74) is 1.20. The molecule has 1 aromatic carbocycles. The number of hydrogen-bond donors (Lipinski definition) is 0. The van der Waals surface area contributed by atoms with Crippen LogP contribution in [0.15, 0.2) is 24.3 Å². The van der Waals surface area contributed by atoms with Crippen LogP contribution < -0.4 is 4.74 Å². The largest absolute Gasteiger partial charge is 0.497 e. The number of carbonyl (C=O) groups excluding carboxylic acids is 1. The van der Waals surface area contributed by atoms with Crippen LogP contribution in [0.25, 0.3) is 0 Å². The zero-order valence-electron chi connectivity index (χ0n) is 16.0. The first-order valence-electron chi connectivity index (χ1n) is 10.4. The minimum absolute atomic E-state index is 0.341. The van der Waals surface area contributed by atoms with Crippen LogP contribution in [0.3, 0.4) is 0 Å². The molecule has 0 unspecified atom stereocenters. The fourth-order valence-electron chi connectivity index (χ4n) is 5.29. The second-order valence-electron chi connectivity index (χ2n) is 8.31. The summed E-state index contributed by atoms with van der Waals surface area (Å²) in [7, 11) is 1.69. The lowest BCUT2D eigenvalue weighted by Gasteiger charge is -2.49. The van der Waals surface area contributed by atoms with Gasteiger partial charge in [-0.05, 0) is 49.3 Å². The molecule has 4 rings (SSSR count). The summed E-state index contributed by atoms with van der Waals surface area (Å²) in [6, 6.07) is 9.40. The van der Waals surface area contributed by atoms with Gasteiger partial charge in [-0.1, -0.05) is 31.4 Å². The highest BCUT2D eigenvalue weighted by Gasteiger charge is 2.40. The Morgan fingerprint density at radius 3 is 2.54 bits per heavy atom. The molecule has 0 aromatic heterocycles. The monoisotopic (exact) mass is 356 g/mol. The quantitative estimate of drug-likeness (QED) is 0.822. The van der Waals surface area contributed by atoms with E-state index in [1.807, 2.05) is 12.1 Å². The van der Waals surface area contributed by atoms with E-state index in [2.05, 4.69) is 21.9 Å². The Labute approximate surface area is 157 Å². The topological polar surface area (TPSA) is 32.8 Å². The van der Waals surface area contributed by atoms with Gasteiger partial charge in [0.1, 0.15) is 5.75 Å². The third kappa shape index (κ3) is 3.75. The van der Waals surface area contributed by atoms with E-state index < -0.39 is 0 Å². The molecule has 4 heteroatoms. The molecule has 2 atom stereocenters. The molecule has 2 saturated heterocycles. The van der Waals surface area contributed by atoms with Crippen molar-refractivity contribution >= 4 is 5.91 Å². The maximum absolute atomic E-state index is 12.6. The van der Waals surface area contributed by atoms with Crippen molar-refractivity contribution in [3.05, 3.63) is 29.8 Å². The van der Waals surface area contributed by atoms with Crippen LogP contribution in [-0.4, -0.2) is 48.0 Å². The molecule has 3 aliphatic rings. The number of methoxy groups -OCH3 is 1. The van der Waals surface area contributed by atoms with Crippen LogP contribution in [0.1, 0.15) is 56.9 Å². The van der Waals surface area contributed by atoms with Crippen molar-refractivity contribution in [2.24, 2.45) is 5.92 Å². The molecule has 4 nitrogen and oxygen atoms in total. The van der Waals surface area contributed by atoms with Crippen LogP contribution in [0.4, 0.5) is 0 Å². The summed E-state index contributed by atoms with van der Waals surface area (Å²) < 4.78 is 5.25.